The zero-order valence-electron chi connectivity index (χ0n) is 14.6. The zero-order chi connectivity index (χ0) is 18.1. The van der Waals surface area contributed by atoms with E-state index >= 15 is 0 Å². The first-order valence-electron chi connectivity index (χ1n) is 9.01. The van der Waals surface area contributed by atoms with Crippen LogP contribution in [0, 0.1) is 0 Å². The molecule has 136 valence electrons. The minimum Gasteiger partial charge on any atom is -0.308 e. The predicted octanol–water partition coefficient (Wildman–Crippen LogP) is 2.82. The monoisotopic (exact) mass is 370 g/mol. The van der Waals surface area contributed by atoms with E-state index in [0.29, 0.717) is 25.2 Å². The number of anilines is 1. The first kappa shape index (κ1) is 17.2. The van der Waals surface area contributed by atoms with Crippen LogP contribution in [0.25, 0.3) is 0 Å². The van der Waals surface area contributed by atoms with Crippen molar-refractivity contribution < 1.29 is 13.2 Å². The van der Waals surface area contributed by atoms with Crippen molar-refractivity contribution in [3.63, 3.8) is 0 Å². The van der Waals surface area contributed by atoms with Crippen LogP contribution in [0.15, 0.2) is 48.5 Å². The maximum atomic E-state index is 12.8. The van der Waals surface area contributed by atoms with E-state index < -0.39 is 10.0 Å². The van der Waals surface area contributed by atoms with Gasteiger partial charge in [-0.1, -0.05) is 30.3 Å². The number of carbonyl (C=O) groups excluding carboxylic acids is 1. The van der Waals surface area contributed by atoms with Gasteiger partial charge in [-0.2, -0.15) is 0 Å². The van der Waals surface area contributed by atoms with Crippen LogP contribution >= 0.6 is 0 Å². The molecule has 0 spiro atoms. The van der Waals surface area contributed by atoms with Crippen LogP contribution in [-0.4, -0.2) is 38.3 Å². The van der Waals surface area contributed by atoms with Crippen LogP contribution in [0.1, 0.15) is 34.3 Å². The number of nitrogens with zero attached hydrogens (tertiary/aromatic N) is 2. The number of rotatable bonds is 4. The molecule has 0 radical (unpaired) electrons. The number of para-hydroxylation sites is 1. The summed E-state index contributed by atoms with van der Waals surface area (Å²) in [7, 11) is -3.26. The number of carbonyl (C=O) groups is 1. The molecule has 4 rings (SSSR count). The lowest BCUT2D eigenvalue weighted by Gasteiger charge is -2.18. The molecule has 0 saturated carbocycles. The summed E-state index contributed by atoms with van der Waals surface area (Å²) >= 11 is 0. The smallest absolute Gasteiger partial charge is 0.258 e. The van der Waals surface area contributed by atoms with Crippen molar-refractivity contribution in [1.29, 1.82) is 0 Å². The molecule has 0 aliphatic carbocycles. The third-order valence-corrected chi connectivity index (χ3v) is 6.99. The summed E-state index contributed by atoms with van der Waals surface area (Å²) in [6.07, 6.45) is 2.74. The van der Waals surface area contributed by atoms with Crippen molar-refractivity contribution in [1.82, 2.24) is 4.31 Å². The van der Waals surface area contributed by atoms with E-state index in [1.54, 1.807) is 33.5 Å². The predicted molar refractivity (Wildman–Crippen MR) is 102 cm³/mol. The molecule has 5 nitrogen and oxygen atoms in total. The van der Waals surface area contributed by atoms with Crippen LogP contribution in [0.2, 0.25) is 0 Å². The van der Waals surface area contributed by atoms with E-state index in [2.05, 4.69) is 6.07 Å². The van der Waals surface area contributed by atoms with E-state index in [1.807, 2.05) is 18.2 Å². The van der Waals surface area contributed by atoms with E-state index in [0.717, 1.165) is 30.5 Å². The normalized spacial score (nSPS) is 17.5. The van der Waals surface area contributed by atoms with Gasteiger partial charge in [0.1, 0.15) is 0 Å². The number of sulfonamides is 1. The van der Waals surface area contributed by atoms with Crippen molar-refractivity contribution in [2.45, 2.75) is 25.0 Å². The minimum absolute atomic E-state index is 0.00593. The molecule has 0 unspecified atom stereocenters. The summed E-state index contributed by atoms with van der Waals surface area (Å²) in [5.74, 6) is -0.0440. The average molecular weight is 370 g/mol. The highest BCUT2D eigenvalue weighted by Crippen LogP contribution is 2.29. The lowest BCUT2D eigenvalue weighted by Crippen LogP contribution is -2.29. The lowest BCUT2D eigenvalue weighted by molar-refractivity contribution is 0.0989. The number of fused-ring (bicyclic) bond motifs is 1. The molecule has 1 saturated heterocycles. The molecule has 2 aliphatic rings. The molecule has 1 fully saturated rings. The SMILES string of the molecule is O=C(c1ccc(CS(=O)(=O)N2CCCC2)cc1)N1CCc2ccccc21. The van der Waals surface area contributed by atoms with Gasteiger partial charge in [0.15, 0.2) is 0 Å². The Morgan fingerprint density at radius 3 is 2.35 bits per heavy atom. The van der Waals surface area contributed by atoms with Crippen molar-refractivity contribution in [2.75, 3.05) is 24.5 Å². The largest absolute Gasteiger partial charge is 0.308 e. The maximum Gasteiger partial charge on any atom is 0.258 e. The van der Waals surface area contributed by atoms with Gasteiger partial charge in [-0.3, -0.25) is 4.79 Å². The van der Waals surface area contributed by atoms with Gasteiger partial charge in [-0.05, 0) is 48.6 Å². The molecule has 6 heteroatoms. The fraction of sp³-hybridized carbons (Fsp3) is 0.350. The second-order valence-electron chi connectivity index (χ2n) is 6.89. The van der Waals surface area contributed by atoms with Crippen LogP contribution < -0.4 is 4.90 Å². The third kappa shape index (κ3) is 3.27. The molecule has 2 aromatic carbocycles. The highest BCUT2D eigenvalue weighted by atomic mass is 32.2. The Morgan fingerprint density at radius 1 is 0.923 bits per heavy atom. The molecule has 2 aromatic rings. The first-order chi connectivity index (χ1) is 12.5. The van der Waals surface area contributed by atoms with E-state index in [9.17, 15) is 13.2 Å². The summed E-state index contributed by atoms with van der Waals surface area (Å²) in [6, 6.07) is 14.9. The van der Waals surface area contributed by atoms with Gasteiger partial charge in [0.05, 0.1) is 5.75 Å². The average Bonchev–Trinajstić information content (AvgIpc) is 3.32. The Kier molecular flexibility index (Phi) is 4.54. The standard InChI is InChI=1S/C20H22N2O3S/c23-20(22-14-11-17-5-1-2-6-19(17)22)18-9-7-16(8-10-18)15-26(24,25)21-12-3-4-13-21/h1-2,5-10H,3-4,11-15H2. The second kappa shape index (κ2) is 6.85. The maximum absolute atomic E-state index is 12.8. The van der Waals surface area contributed by atoms with Crippen LogP contribution in [0.4, 0.5) is 5.69 Å². The number of amides is 1. The highest BCUT2D eigenvalue weighted by molar-refractivity contribution is 7.88. The second-order valence-corrected chi connectivity index (χ2v) is 8.86. The topological polar surface area (TPSA) is 57.7 Å². The highest BCUT2D eigenvalue weighted by Gasteiger charge is 2.27. The van der Waals surface area contributed by atoms with Gasteiger partial charge in [0.2, 0.25) is 10.0 Å². The Bertz CT molecular complexity index is 916. The van der Waals surface area contributed by atoms with Crippen molar-refractivity contribution in [3.8, 4) is 0 Å². The van der Waals surface area contributed by atoms with E-state index in [-0.39, 0.29) is 11.7 Å². The molecule has 0 atom stereocenters. The molecule has 0 N–H and O–H groups in total. The van der Waals surface area contributed by atoms with Gasteiger partial charge < -0.3 is 4.90 Å². The van der Waals surface area contributed by atoms with Gasteiger partial charge in [-0.25, -0.2) is 12.7 Å². The van der Waals surface area contributed by atoms with Gasteiger partial charge in [0.25, 0.3) is 5.91 Å². The van der Waals surface area contributed by atoms with Crippen molar-refractivity contribution >= 4 is 21.6 Å². The number of hydrogen-bond acceptors (Lipinski definition) is 3. The fourth-order valence-electron chi connectivity index (χ4n) is 3.72. The molecule has 2 heterocycles. The molecular formula is C20H22N2O3S. The summed E-state index contributed by atoms with van der Waals surface area (Å²) < 4.78 is 26.4. The number of hydrogen-bond donors (Lipinski definition) is 0. The van der Waals surface area contributed by atoms with Gasteiger partial charge in [-0.15, -0.1) is 0 Å². The number of benzene rings is 2. The Labute approximate surface area is 154 Å². The van der Waals surface area contributed by atoms with Gasteiger partial charge in [0, 0.05) is 30.9 Å². The Hall–Kier alpha value is -2.18. The molecule has 26 heavy (non-hydrogen) atoms. The van der Waals surface area contributed by atoms with E-state index in [1.165, 1.54) is 5.56 Å². The zero-order valence-corrected chi connectivity index (χ0v) is 15.4. The Balaban J connectivity index is 1.49. The molecular weight excluding hydrogens is 348 g/mol. The van der Waals surface area contributed by atoms with E-state index in [4.69, 9.17) is 0 Å². The van der Waals surface area contributed by atoms with Gasteiger partial charge >= 0.3 is 0 Å². The quantitative estimate of drug-likeness (QED) is 0.832. The van der Waals surface area contributed by atoms with Crippen LogP contribution in [0.3, 0.4) is 0 Å². The summed E-state index contributed by atoms with van der Waals surface area (Å²) in [6.45, 7) is 1.92. The first-order valence-corrected chi connectivity index (χ1v) is 10.6. The van der Waals surface area contributed by atoms with Crippen LogP contribution in [-0.2, 0) is 22.2 Å². The Morgan fingerprint density at radius 2 is 1.62 bits per heavy atom. The lowest BCUT2D eigenvalue weighted by atomic mass is 10.1. The molecule has 0 aromatic heterocycles. The summed E-state index contributed by atoms with van der Waals surface area (Å²) in [5, 5.41) is 0. The molecule has 0 bridgehead atoms. The van der Waals surface area contributed by atoms with Crippen molar-refractivity contribution in [2.24, 2.45) is 0 Å². The van der Waals surface area contributed by atoms with Crippen molar-refractivity contribution in [3.05, 3.63) is 65.2 Å². The summed E-state index contributed by atoms with van der Waals surface area (Å²) in [5.41, 5.74) is 3.46. The summed E-state index contributed by atoms with van der Waals surface area (Å²) in [4.78, 5) is 14.6. The molecule has 1 amide bonds. The molecule has 2 aliphatic heterocycles. The van der Waals surface area contributed by atoms with Crippen LogP contribution in [0.5, 0.6) is 0 Å². The fourth-order valence-corrected chi connectivity index (χ4v) is 5.33. The third-order valence-electron chi connectivity index (χ3n) is 5.14. The minimum atomic E-state index is -3.26.